The molecule has 0 spiro atoms. The molecule has 0 aromatic rings. The van der Waals surface area contributed by atoms with Gasteiger partial charge in [-0.1, -0.05) is 11.6 Å². The van der Waals surface area contributed by atoms with E-state index in [1.807, 2.05) is 0 Å². The zero-order valence-corrected chi connectivity index (χ0v) is 7.47. The van der Waals surface area contributed by atoms with Crippen molar-refractivity contribution >= 4 is 0 Å². The highest BCUT2D eigenvalue weighted by molar-refractivity contribution is 4.97. The van der Waals surface area contributed by atoms with E-state index in [0.717, 1.165) is 25.9 Å². The fraction of sp³-hybridized carbons (Fsp3) is 0.778. The monoisotopic (exact) mass is 158 g/mol. The van der Waals surface area contributed by atoms with Gasteiger partial charge in [0.05, 0.1) is 0 Å². The molecule has 0 aromatic heterocycles. The molecular weight excluding hydrogens is 140 g/mol. The van der Waals surface area contributed by atoms with E-state index in [4.69, 9.17) is 9.84 Å². The molecule has 66 valence electrons. The number of allylic oxidation sites excluding steroid dienone is 1. The zero-order chi connectivity index (χ0) is 8.53. The van der Waals surface area contributed by atoms with Crippen molar-refractivity contribution in [3.8, 4) is 0 Å². The standard InChI is InChI=1S/C9H18O2/c1-9(5-3-7-10)6-4-8-11-2/h5,10H,3-4,6-8H2,1-2H3/b9-5-. The van der Waals surface area contributed by atoms with Crippen molar-refractivity contribution in [3.05, 3.63) is 11.6 Å². The lowest BCUT2D eigenvalue weighted by Gasteiger charge is -1.99. The first-order chi connectivity index (χ1) is 5.31. The van der Waals surface area contributed by atoms with Crippen molar-refractivity contribution in [1.82, 2.24) is 0 Å². The minimum absolute atomic E-state index is 0.252. The summed E-state index contributed by atoms with van der Waals surface area (Å²) < 4.78 is 4.92. The first-order valence-corrected chi connectivity index (χ1v) is 4.06. The fourth-order valence-corrected chi connectivity index (χ4v) is 0.908. The largest absolute Gasteiger partial charge is 0.396 e. The summed E-state index contributed by atoms with van der Waals surface area (Å²) >= 11 is 0. The van der Waals surface area contributed by atoms with E-state index in [0.29, 0.717) is 0 Å². The molecule has 2 nitrogen and oxygen atoms in total. The number of hydrogen-bond donors (Lipinski definition) is 1. The number of aliphatic hydroxyl groups excluding tert-OH is 1. The maximum atomic E-state index is 8.52. The molecule has 0 aliphatic heterocycles. The highest BCUT2D eigenvalue weighted by Crippen LogP contribution is 2.04. The Morgan fingerprint density at radius 3 is 2.82 bits per heavy atom. The van der Waals surface area contributed by atoms with Crippen LogP contribution in [0, 0.1) is 0 Å². The lowest BCUT2D eigenvalue weighted by molar-refractivity contribution is 0.195. The Balaban J connectivity index is 3.27. The second-order valence-electron chi connectivity index (χ2n) is 2.66. The van der Waals surface area contributed by atoms with Crippen LogP contribution in [0.3, 0.4) is 0 Å². The molecule has 0 amide bonds. The SMILES string of the molecule is COCCC/C(C)=C\CCO. The Hall–Kier alpha value is -0.340. The number of rotatable bonds is 6. The first-order valence-electron chi connectivity index (χ1n) is 4.06. The van der Waals surface area contributed by atoms with Gasteiger partial charge in [-0.3, -0.25) is 0 Å². The summed E-state index contributed by atoms with van der Waals surface area (Å²) in [7, 11) is 1.72. The van der Waals surface area contributed by atoms with E-state index < -0.39 is 0 Å². The molecule has 0 radical (unpaired) electrons. The average Bonchev–Trinajstić information content (AvgIpc) is 2.01. The Kier molecular flexibility index (Phi) is 7.52. The van der Waals surface area contributed by atoms with Crippen LogP contribution in [0.1, 0.15) is 26.2 Å². The van der Waals surface area contributed by atoms with Crippen LogP contribution in [0.2, 0.25) is 0 Å². The topological polar surface area (TPSA) is 29.5 Å². The minimum Gasteiger partial charge on any atom is -0.396 e. The van der Waals surface area contributed by atoms with E-state index in [-0.39, 0.29) is 6.61 Å². The number of ether oxygens (including phenoxy) is 1. The van der Waals surface area contributed by atoms with Crippen molar-refractivity contribution in [1.29, 1.82) is 0 Å². The van der Waals surface area contributed by atoms with E-state index in [1.165, 1.54) is 5.57 Å². The normalized spacial score (nSPS) is 12.1. The third kappa shape index (κ3) is 7.56. The molecule has 11 heavy (non-hydrogen) atoms. The molecule has 0 saturated heterocycles. The molecule has 0 aliphatic carbocycles. The van der Waals surface area contributed by atoms with Gasteiger partial charge in [0.15, 0.2) is 0 Å². The van der Waals surface area contributed by atoms with Gasteiger partial charge in [-0.15, -0.1) is 0 Å². The predicted molar refractivity (Wildman–Crippen MR) is 46.6 cm³/mol. The number of hydrogen-bond acceptors (Lipinski definition) is 2. The van der Waals surface area contributed by atoms with Crippen molar-refractivity contribution in [3.63, 3.8) is 0 Å². The van der Waals surface area contributed by atoms with Gasteiger partial charge in [-0.05, 0) is 26.2 Å². The summed E-state index contributed by atoms with van der Waals surface area (Å²) in [4.78, 5) is 0. The van der Waals surface area contributed by atoms with Gasteiger partial charge in [-0.25, -0.2) is 0 Å². The molecule has 0 bridgehead atoms. The molecule has 1 N–H and O–H groups in total. The van der Waals surface area contributed by atoms with E-state index >= 15 is 0 Å². The van der Waals surface area contributed by atoms with Gasteiger partial charge in [-0.2, -0.15) is 0 Å². The summed E-state index contributed by atoms with van der Waals surface area (Å²) in [5.74, 6) is 0. The number of methoxy groups -OCH3 is 1. The van der Waals surface area contributed by atoms with E-state index in [2.05, 4.69) is 13.0 Å². The van der Waals surface area contributed by atoms with Gasteiger partial charge >= 0.3 is 0 Å². The van der Waals surface area contributed by atoms with Crippen LogP contribution in [-0.4, -0.2) is 25.4 Å². The van der Waals surface area contributed by atoms with Crippen molar-refractivity contribution in [2.45, 2.75) is 26.2 Å². The molecule has 0 atom stereocenters. The molecule has 0 fully saturated rings. The molecule has 0 heterocycles. The second-order valence-corrected chi connectivity index (χ2v) is 2.66. The van der Waals surface area contributed by atoms with Gasteiger partial charge in [0.25, 0.3) is 0 Å². The average molecular weight is 158 g/mol. The summed E-state index contributed by atoms with van der Waals surface area (Å²) in [6, 6.07) is 0. The smallest absolute Gasteiger partial charge is 0.0465 e. The van der Waals surface area contributed by atoms with Crippen molar-refractivity contribution < 1.29 is 9.84 Å². The number of aliphatic hydroxyl groups is 1. The summed E-state index contributed by atoms with van der Waals surface area (Å²) in [6.45, 7) is 3.16. The minimum atomic E-state index is 0.252. The molecule has 0 saturated carbocycles. The summed E-state index contributed by atoms with van der Waals surface area (Å²) in [5, 5.41) is 8.52. The Morgan fingerprint density at radius 1 is 1.55 bits per heavy atom. The summed E-state index contributed by atoms with van der Waals surface area (Å²) in [5.41, 5.74) is 1.34. The fourth-order valence-electron chi connectivity index (χ4n) is 0.908. The Bertz CT molecular complexity index is 108. The Labute approximate surface area is 68.9 Å². The third-order valence-electron chi connectivity index (χ3n) is 1.54. The van der Waals surface area contributed by atoms with Gasteiger partial charge < -0.3 is 9.84 Å². The van der Waals surface area contributed by atoms with Crippen molar-refractivity contribution in [2.75, 3.05) is 20.3 Å². The van der Waals surface area contributed by atoms with Crippen LogP contribution in [0.5, 0.6) is 0 Å². The third-order valence-corrected chi connectivity index (χ3v) is 1.54. The van der Waals surface area contributed by atoms with Crippen LogP contribution in [-0.2, 0) is 4.74 Å². The molecule has 2 heteroatoms. The Morgan fingerprint density at radius 2 is 2.27 bits per heavy atom. The molecule has 0 unspecified atom stereocenters. The van der Waals surface area contributed by atoms with Crippen LogP contribution in [0.15, 0.2) is 11.6 Å². The highest BCUT2D eigenvalue weighted by atomic mass is 16.5. The molecule has 0 aliphatic rings. The lowest BCUT2D eigenvalue weighted by atomic mass is 10.1. The van der Waals surface area contributed by atoms with Crippen LogP contribution in [0.4, 0.5) is 0 Å². The second kappa shape index (κ2) is 7.76. The van der Waals surface area contributed by atoms with Crippen molar-refractivity contribution in [2.24, 2.45) is 0 Å². The maximum Gasteiger partial charge on any atom is 0.0465 e. The zero-order valence-electron chi connectivity index (χ0n) is 7.47. The lowest BCUT2D eigenvalue weighted by Crippen LogP contribution is -1.89. The van der Waals surface area contributed by atoms with Gasteiger partial charge in [0.1, 0.15) is 0 Å². The summed E-state index contributed by atoms with van der Waals surface area (Å²) in [6.07, 6.45) is 5.01. The highest BCUT2D eigenvalue weighted by Gasteiger charge is 1.89. The van der Waals surface area contributed by atoms with Crippen LogP contribution >= 0.6 is 0 Å². The van der Waals surface area contributed by atoms with Crippen LogP contribution < -0.4 is 0 Å². The molecular formula is C9H18O2. The maximum absolute atomic E-state index is 8.52. The first kappa shape index (κ1) is 10.7. The molecule has 0 aromatic carbocycles. The van der Waals surface area contributed by atoms with E-state index in [1.54, 1.807) is 7.11 Å². The van der Waals surface area contributed by atoms with Gasteiger partial charge in [0, 0.05) is 20.3 Å². The predicted octanol–water partition coefficient (Wildman–Crippen LogP) is 1.74. The quantitative estimate of drug-likeness (QED) is 0.471. The van der Waals surface area contributed by atoms with Crippen LogP contribution in [0.25, 0.3) is 0 Å². The molecule has 0 rings (SSSR count). The van der Waals surface area contributed by atoms with Gasteiger partial charge in [0.2, 0.25) is 0 Å². The van der Waals surface area contributed by atoms with E-state index in [9.17, 15) is 0 Å².